The highest BCUT2D eigenvalue weighted by Gasteiger charge is 2.04. The standard InChI is InChI=1S/C15H24N2OS.ClH/c1-4-7-16-8-9-17-15(18)11-19-14-6-5-12(2)10-13(14)3;/h5-6,10,16H,4,7-9,11H2,1-3H3,(H,17,18);1H. The Morgan fingerprint density at radius 1 is 1.20 bits per heavy atom. The number of hydrogen-bond acceptors (Lipinski definition) is 3. The van der Waals surface area contributed by atoms with E-state index in [-0.39, 0.29) is 18.3 Å². The number of amides is 1. The molecular formula is C15H25ClN2OS. The first-order chi connectivity index (χ1) is 9.13. The molecule has 2 N–H and O–H groups in total. The van der Waals surface area contributed by atoms with Crippen molar-refractivity contribution in [3.05, 3.63) is 29.3 Å². The van der Waals surface area contributed by atoms with Crippen molar-refractivity contribution < 1.29 is 4.79 Å². The predicted octanol–water partition coefficient (Wildman–Crippen LogP) is 2.93. The zero-order chi connectivity index (χ0) is 14.1. The minimum Gasteiger partial charge on any atom is -0.354 e. The normalized spacial score (nSPS) is 9.95. The van der Waals surface area contributed by atoms with Crippen molar-refractivity contribution in [2.24, 2.45) is 0 Å². The third-order valence-electron chi connectivity index (χ3n) is 2.74. The number of nitrogens with one attached hydrogen (secondary N) is 2. The van der Waals surface area contributed by atoms with Crippen LogP contribution >= 0.6 is 24.2 Å². The third-order valence-corrected chi connectivity index (χ3v) is 3.92. The molecule has 0 bridgehead atoms. The number of hydrogen-bond donors (Lipinski definition) is 2. The van der Waals surface area contributed by atoms with Gasteiger partial charge in [-0.2, -0.15) is 0 Å². The van der Waals surface area contributed by atoms with Gasteiger partial charge in [-0.3, -0.25) is 4.79 Å². The van der Waals surface area contributed by atoms with Gasteiger partial charge in [0.25, 0.3) is 0 Å². The summed E-state index contributed by atoms with van der Waals surface area (Å²) in [7, 11) is 0. The number of carbonyl (C=O) groups excluding carboxylic acids is 1. The highest BCUT2D eigenvalue weighted by atomic mass is 35.5. The Labute approximate surface area is 132 Å². The first-order valence-electron chi connectivity index (χ1n) is 6.81. The molecular weight excluding hydrogens is 292 g/mol. The van der Waals surface area contributed by atoms with Crippen molar-refractivity contribution in [3.63, 3.8) is 0 Å². The maximum Gasteiger partial charge on any atom is 0.230 e. The fourth-order valence-corrected chi connectivity index (χ4v) is 2.59. The van der Waals surface area contributed by atoms with E-state index in [1.807, 2.05) is 0 Å². The molecule has 5 heteroatoms. The summed E-state index contributed by atoms with van der Waals surface area (Å²) in [5.74, 6) is 0.584. The highest BCUT2D eigenvalue weighted by Crippen LogP contribution is 2.22. The van der Waals surface area contributed by atoms with Crippen molar-refractivity contribution in [3.8, 4) is 0 Å². The molecule has 0 atom stereocenters. The summed E-state index contributed by atoms with van der Waals surface area (Å²) < 4.78 is 0. The summed E-state index contributed by atoms with van der Waals surface area (Å²) >= 11 is 1.60. The maximum atomic E-state index is 11.7. The van der Waals surface area contributed by atoms with Crippen molar-refractivity contribution in [1.29, 1.82) is 0 Å². The van der Waals surface area contributed by atoms with Crippen LogP contribution in [0.1, 0.15) is 24.5 Å². The molecule has 1 amide bonds. The van der Waals surface area contributed by atoms with E-state index in [9.17, 15) is 4.79 Å². The van der Waals surface area contributed by atoms with Crippen LogP contribution in [0.2, 0.25) is 0 Å². The van der Waals surface area contributed by atoms with Gasteiger partial charge in [0.1, 0.15) is 0 Å². The lowest BCUT2D eigenvalue weighted by Crippen LogP contribution is -2.33. The molecule has 0 saturated carbocycles. The molecule has 3 nitrogen and oxygen atoms in total. The van der Waals surface area contributed by atoms with E-state index in [1.165, 1.54) is 16.0 Å². The minimum absolute atomic E-state index is 0. The monoisotopic (exact) mass is 316 g/mol. The first-order valence-corrected chi connectivity index (χ1v) is 7.79. The fraction of sp³-hybridized carbons (Fsp3) is 0.533. The van der Waals surface area contributed by atoms with Crippen LogP contribution in [-0.2, 0) is 4.79 Å². The zero-order valence-electron chi connectivity index (χ0n) is 12.5. The Kier molecular flexibility index (Phi) is 10.6. The van der Waals surface area contributed by atoms with Crippen LogP contribution in [-0.4, -0.2) is 31.3 Å². The zero-order valence-corrected chi connectivity index (χ0v) is 14.1. The van der Waals surface area contributed by atoms with Crippen LogP contribution in [0, 0.1) is 13.8 Å². The van der Waals surface area contributed by atoms with Crippen LogP contribution in [0.25, 0.3) is 0 Å². The summed E-state index contributed by atoms with van der Waals surface area (Å²) in [6, 6.07) is 6.32. The Morgan fingerprint density at radius 3 is 2.60 bits per heavy atom. The van der Waals surface area contributed by atoms with Gasteiger partial charge in [0.05, 0.1) is 5.75 Å². The van der Waals surface area contributed by atoms with E-state index in [2.05, 4.69) is 49.6 Å². The van der Waals surface area contributed by atoms with Gasteiger partial charge in [0.2, 0.25) is 5.91 Å². The molecule has 0 aromatic heterocycles. The number of aryl methyl sites for hydroxylation is 2. The summed E-state index contributed by atoms with van der Waals surface area (Å²) in [4.78, 5) is 12.9. The summed E-state index contributed by atoms with van der Waals surface area (Å²) in [6.07, 6.45) is 1.12. The van der Waals surface area contributed by atoms with Crippen LogP contribution in [0.5, 0.6) is 0 Å². The van der Waals surface area contributed by atoms with Gasteiger partial charge in [0, 0.05) is 18.0 Å². The molecule has 114 valence electrons. The van der Waals surface area contributed by atoms with Gasteiger partial charge < -0.3 is 10.6 Å². The molecule has 1 aromatic rings. The summed E-state index contributed by atoms with van der Waals surface area (Å²) in [5.41, 5.74) is 2.50. The summed E-state index contributed by atoms with van der Waals surface area (Å²) in [5, 5.41) is 6.18. The van der Waals surface area contributed by atoms with Crippen LogP contribution in [0.3, 0.4) is 0 Å². The van der Waals surface area contributed by atoms with Crippen molar-refractivity contribution in [2.45, 2.75) is 32.1 Å². The van der Waals surface area contributed by atoms with Crippen molar-refractivity contribution >= 4 is 30.1 Å². The molecule has 0 aliphatic carbocycles. The Morgan fingerprint density at radius 2 is 1.95 bits per heavy atom. The van der Waals surface area contributed by atoms with Crippen LogP contribution in [0.4, 0.5) is 0 Å². The lowest BCUT2D eigenvalue weighted by molar-refractivity contribution is -0.118. The quantitative estimate of drug-likeness (QED) is 0.572. The van der Waals surface area contributed by atoms with Gasteiger partial charge in [-0.25, -0.2) is 0 Å². The molecule has 1 rings (SSSR count). The van der Waals surface area contributed by atoms with Gasteiger partial charge in [-0.05, 0) is 38.4 Å². The minimum atomic E-state index is 0. The molecule has 0 saturated heterocycles. The molecule has 0 fully saturated rings. The lowest BCUT2D eigenvalue weighted by atomic mass is 10.2. The largest absolute Gasteiger partial charge is 0.354 e. The van der Waals surface area contributed by atoms with E-state index in [0.29, 0.717) is 12.3 Å². The van der Waals surface area contributed by atoms with Gasteiger partial charge in [0.15, 0.2) is 0 Å². The van der Waals surface area contributed by atoms with Gasteiger partial charge in [-0.15, -0.1) is 24.2 Å². The van der Waals surface area contributed by atoms with E-state index in [1.54, 1.807) is 11.8 Å². The Bertz CT molecular complexity index is 413. The Hall–Kier alpha value is -0.710. The number of halogens is 1. The van der Waals surface area contributed by atoms with Crippen molar-refractivity contribution in [1.82, 2.24) is 10.6 Å². The van der Waals surface area contributed by atoms with Crippen LogP contribution < -0.4 is 10.6 Å². The molecule has 1 aromatic carbocycles. The predicted molar refractivity (Wildman–Crippen MR) is 90.1 cm³/mol. The molecule has 0 aliphatic heterocycles. The second-order valence-corrected chi connectivity index (χ2v) is 5.67. The number of thioether (sulfide) groups is 1. The molecule has 0 radical (unpaired) electrons. The average molecular weight is 317 g/mol. The number of carbonyl (C=O) groups is 1. The summed E-state index contributed by atoms with van der Waals surface area (Å²) in [6.45, 7) is 8.85. The SMILES string of the molecule is CCCNCCNC(=O)CSc1ccc(C)cc1C.Cl. The molecule has 0 aliphatic rings. The molecule has 0 spiro atoms. The van der Waals surface area contributed by atoms with Gasteiger partial charge >= 0.3 is 0 Å². The van der Waals surface area contributed by atoms with Crippen LogP contribution in [0.15, 0.2) is 23.1 Å². The lowest BCUT2D eigenvalue weighted by Gasteiger charge is -2.08. The maximum absolute atomic E-state index is 11.7. The Balaban J connectivity index is 0.00000361. The van der Waals surface area contributed by atoms with E-state index < -0.39 is 0 Å². The highest BCUT2D eigenvalue weighted by molar-refractivity contribution is 8.00. The smallest absolute Gasteiger partial charge is 0.230 e. The second-order valence-electron chi connectivity index (χ2n) is 4.66. The fourth-order valence-electron chi connectivity index (χ4n) is 1.75. The van der Waals surface area contributed by atoms with E-state index in [4.69, 9.17) is 0 Å². The molecule has 0 heterocycles. The number of benzene rings is 1. The van der Waals surface area contributed by atoms with E-state index >= 15 is 0 Å². The number of rotatable bonds is 8. The van der Waals surface area contributed by atoms with E-state index in [0.717, 1.165) is 19.5 Å². The molecule has 20 heavy (non-hydrogen) atoms. The second kappa shape index (κ2) is 11.0. The topological polar surface area (TPSA) is 41.1 Å². The third kappa shape index (κ3) is 7.78. The average Bonchev–Trinajstić information content (AvgIpc) is 2.37. The first kappa shape index (κ1) is 19.3. The van der Waals surface area contributed by atoms with Crippen molar-refractivity contribution in [2.75, 3.05) is 25.4 Å². The van der Waals surface area contributed by atoms with Gasteiger partial charge in [-0.1, -0.05) is 24.6 Å². The molecule has 0 unspecified atom stereocenters.